The summed E-state index contributed by atoms with van der Waals surface area (Å²) < 4.78 is 64.5. The minimum Gasteiger partial charge on any atom is -0.326 e. The molecule has 0 fully saturated rings. The van der Waals surface area contributed by atoms with E-state index in [2.05, 4.69) is 10.3 Å². The van der Waals surface area contributed by atoms with E-state index in [1.54, 1.807) is 19.2 Å². The van der Waals surface area contributed by atoms with Crippen LogP contribution < -0.4 is 5.32 Å². The normalized spacial score (nSPS) is 12.2. The first-order valence-electron chi connectivity index (χ1n) is 10.1. The fourth-order valence-corrected chi connectivity index (χ4v) is 5.40. The average Bonchev–Trinajstić information content (AvgIpc) is 3.22. The summed E-state index contributed by atoms with van der Waals surface area (Å²) in [4.78, 5) is 16.8. The first-order valence-corrected chi connectivity index (χ1v) is 12.4. The zero-order chi connectivity index (χ0) is 24.2. The monoisotopic (exact) mass is 497 g/mol. The highest BCUT2D eigenvalue weighted by molar-refractivity contribution is 7.89. The molecule has 1 aromatic heterocycles. The maximum absolute atomic E-state index is 12.7. The van der Waals surface area contributed by atoms with E-state index >= 15 is 0 Å². The fraction of sp³-hybridized carbons (Fsp3) is 0.273. The molecule has 0 atom stereocenters. The molecular weight excluding hydrogens is 475 g/mol. The second-order valence-corrected chi connectivity index (χ2v) is 9.85. The summed E-state index contributed by atoms with van der Waals surface area (Å²) in [5, 5.41) is 4.88. The Morgan fingerprint density at radius 3 is 2.18 bits per heavy atom. The van der Waals surface area contributed by atoms with Crippen LogP contribution in [0.25, 0.3) is 10.6 Å². The topological polar surface area (TPSA) is 79.4 Å². The van der Waals surface area contributed by atoms with E-state index in [9.17, 15) is 26.4 Å². The minimum absolute atomic E-state index is 0.0311. The molecule has 2 aromatic carbocycles. The Morgan fingerprint density at radius 2 is 1.64 bits per heavy atom. The Bertz CT molecular complexity index is 1200. The lowest BCUT2D eigenvalue weighted by molar-refractivity contribution is -0.137. The zero-order valence-electron chi connectivity index (χ0n) is 17.9. The molecular formula is C22H22F3N3O3S2. The van der Waals surface area contributed by atoms with Crippen LogP contribution >= 0.6 is 11.3 Å². The van der Waals surface area contributed by atoms with Crippen LogP contribution in [0.2, 0.25) is 0 Å². The van der Waals surface area contributed by atoms with Gasteiger partial charge in [0.05, 0.1) is 22.6 Å². The van der Waals surface area contributed by atoms with E-state index < -0.39 is 21.8 Å². The number of sulfonamides is 1. The summed E-state index contributed by atoms with van der Waals surface area (Å²) in [6.07, 6.45) is -4.44. The molecule has 0 bridgehead atoms. The Balaban J connectivity index is 1.63. The molecule has 6 nitrogen and oxygen atoms in total. The third-order valence-electron chi connectivity index (χ3n) is 4.83. The number of hydrogen-bond donors (Lipinski definition) is 1. The van der Waals surface area contributed by atoms with Crippen molar-refractivity contribution in [2.45, 2.75) is 31.3 Å². The number of amides is 1. The fourth-order valence-electron chi connectivity index (χ4n) is 3.12. The summed E-state index contributed by atoms with van der Waals surface area (Å²) in [6, 6.07) is 10.6. The van der Waals surface area contributed by atoms with Gasteiger partial charge in [-0.05, 0) is 36.4 Å². The number of benzene rings is 2. The van der Waals surface area contributed by atoms with E-state index in [4.69, 9.17) is 0 Å². The third-order valence-corrected chi connectivity index (χ3v) is 7.84. The first-order chi connectivity index (χ1) is 15.5. The van der Waals surface area contributed by atoms with Crippen molar-refractivity contribution in [1.29, 1.82) is 0 Å². The Labute approximate surface area is 194 Å². The summed E-state index contributed by atoms with van der Waals surface area (Å²) >= 11 is 1.23. The summed E-state index contributed by atoms with van der Waals surface area (Å²) in [5.41, 5.74) is 0.716. The number of nitrogens with one attached hydrogen (secondary N) is 1. The standard InChI is InChI=1S/C22H22F3N3O3S2/c1-3-28(4-2)33(30,31)19-11-9-17(10-12-19)26-20(29)13-18-14-32-21(27-18)15-5-7-16(8-6-15)22(23,24)25/h5-12,14H,3-4,13H2,1-2H3,(H,26,29). The van der Waals surface area contributed by atoms with E-state index in [0.29, 0.717) is 35.0 Å². The van der Waals surface area contributed by atoms with Crippen LogP contribution in [0, 0.1) is 0 Å². The zero-order valence-corrected chi connectivity index (χ0v) is 19.5. The van der Waals surface area contributed by atoms with E-state index in [1.807, 2.05) is 0 Å². The van der Waals surface area contributed by atoms with Gasteiger partial charge in [-0.25, -0.2) is 13.4 Å². The number of carbonyl (C=O) groups excluding carboxylic acids is 1. The quantitative estimate of drug-likeness (QED) is 0.473. The average molecular weight is 498 g/mol. The number of carbonyl (C=O) groups is 1. The number of alkyl halides is 3. The number of aromatic nitrogens is 1. The largest absolute Gasteiger partial charge is 0.416 e. The molecule has 11 heteroatoms. The van der Waals surface area contributed by atoms with E-state index in [0.717, 1.165) is 12.1 Å². The smallest absolute Gasteiger partial charge is 0.326 e. The summed E-state index contributed by atoms with van der Waals surface area (Å²) in [7, 11) is -3.58. The van der Waals surface area contributed by atoms with Gasteiger partial charge in [-0.3, -0.25) is 4.79 Å². The van der Waals surface area contributed by atoms with Crippen LogP contribution in [0.15, 0.2) is 58.8 Å². The van der Waals surface area contributed by atoms with Gasteiger partial charge in [0.25, 0.3) is 0 Å². The van der Waals surface area contributed by atoms with Gasteiger partial charge < -0.3 is 5.32 Å². The number of hydrogen-bond acceptors (Lipinski definition) is 5. The minimum atomic E-state index is -4.40. The second kappa shape index (κ2) is 10.0. The molecule has 0 aliphatic heterocycles. The number of anilines is 1. The Kier molecular flexibility index (Phi) is 7.55. The van der Waals surface area contributed by atoms with Crippen LogP contribution in [-0.2, 0) is 27.4 Å². The second-order valence-electron chi connectivity index (χ2n) is 7.06. The summed E-state index contributed by atoms with van der Waals surface area (Å²) in [5.74, 6) is -0.349. The third kappa shape index (κ3) is 5.98. The maximum atomic E-state index is 12.7. The van der Waals surface area contributed by atoms with Gasteiger partial charge in [0.1, 0.15) is 5.01 Å². The van der Waals surface area contributed by atoms with Gasteiger partial charge in [-0.15, -0.1) is 11.3 Å². The van der Waals surface area contributed by atoms with Crippen molar-refractivity contribution in [3.8, 4) is 10.6 Å². The molecule has 1 amide bonds. The predicted molar refractivity (Wildman–Crippen MR) is 121 cm³/mol. The molecule has 3 aromatic rings. The van der Waals surface area contributed by atoms with Gasteiger partial charge in [0.15, 0.2) is 0 Å². The lowest BCUT2D eigenvalue weighted by Gasteiger charge is -2.18. The Hall–Kier alpha value is -2.76. The number of nitrogens with zero attached hydrogens (tertiary/aromatic N) is 2. The molecule has 1 heterocycles. The van der Waals surface area contributed by atoms with E-state index in [1.165, 1.54) is 52.0 Å². The molecule has 0 radical (unpaired) electrons. The van der Waals surface area contributed by atoms with Crippen molar-refractivity contribution in [2.75, 3.05) is 18.4 Å². The SMILES string of the molecule is CCN(CC)S(=O)(=O)c1ccc(NC(=O)Cc2csc(-c3ccc(C(F)(F)F)cc3)n2)cc1. The van der Waals surface area contributed by atoms with Crippen LogP contribution in [0.4, 0.5) is 18.9 Å². The van der Waals surface area contributed by atoms with Gasteiger partial charge in [0, 0.05) is 29.7 Å². The molecule has 0 saturated heterocycles. The molecule has 3 rings (SSSR count). The van der Waals surface area contributed by atoms with Gasteiger partial charge in [-0.1, -0.05) is 26.0 Å². The van der Waals surface area contributed by atoms with Gasteiger partial charge in [-0.2, -0.15) is 17.5 Å². The highest BCUT2D eigenvalue weighted by Crippen LogP contribution is 2.31. The number of thiazole rings is 1. The van der Waals surface area contributed by atoms with Crippen LogP contribution in [-0.4, -0.2) is 36.7 Å². The predicted octanol–water partition coefficient (Wildman–Crippen LogP) is 5.04. The van der Waals surface area contributed by atoms with Crippen molar-refractivity contribution in [3.05, 3.63) is 65.2 Å². The lowest BCUT2D eigenvalue weighted by Crippen LogP contribution is -2.30. The molecule has 0 spiro atoms. The van der Waals surface area contributed by atoms with Crippen LogP contribution in [0.1, 0.15) is 25.1 Å². The number of rotatable bonds is 8. The summed E-state index contributed by atoms with van der Waals surface area (Å²) in [6.45, 7) is 4.24. The molecule has 176 valence electrons. The van der Waals surface area contributed by atoms with Crippen molar-refractivity contribution in [1.82, 2.24) is 9.29 Å². The van der Waals surface area contributed by atoms with Crippen molar-refractivity contribution < 1.29 is 26.4 Å². The Morgan fingerprint density at radius 1 is 1.03 bits per heavy atom. The molecule has 0 aliphatic rings. The molecule has 0 unspecified atom stereocenters. The first kappa shape index (κ1) is 24.9. The molecule has 33 heavy (non-hydrogen) atoms. The van der Waals surface area contributed by atoms with Gasteiger partial charge >= 0.3 is 6.18 Å². The van der Waals surface area contributed by atoms with Crippen LogP contribution in [0.5, 0.6) is 0 Å². The van der Waals surface area contributed by atoms with Crippen molar-refractivity contribution >= 4 is 33.0 Å². The lowest BCUT2D eigenvalue weighted by atomic mass is 10.1. The highest BCUT2D eigenvalue weighted by atomic mass is 32.2. The van der Waals surface area contributed by atoms with Crippen molar-refractivity contribution in [2.24, 2.45) is 0 Å². The van der Waals surface area contributed by atoms with E-state index in [-0.39, 0.29) is 17.2 Å². The van der Waals surface area contributed by atoms with Crippen molar-refractivity contribution in [3.63, 3.8) is 0 Å². The molecule has 1 N–H and O–H groups in total. The highest BCUT2D eigenvalue weighted by Gasteiger charge is 2.30. The molecule has 0 aliphatic carbocycles. The maximum Gasteiger partial charge on any atom is 0.416 e. The number of halogens is 3. The molecule has 0 saturated carbocycles. The van der Waals surface area contributed by atoms with Gasteiger partial charge in [0.2, 0.25) is 15.9 Å². The van der Waals surface area contributed by atoms with Crippen LogP contribution in [0.3, 0.4) is 0 Å².